The Bertz CT molecular complexity index is 1280. The van der Waals surface area contributed by atoms with Crippen molar-refractivity contribution in [2.75, 3.05) is 13.1 Å². The van der Waals surface area contributed by atoms with Crippen LogP contribution < -0.4 is 21.3 Å². The smallest absolute Gasteiger partial charge is 0.326 e. The van der Waals surface area contributed by atoms with E-state index in [0.717, 1.165) is 36.8 Å². The van der Waals surface area contributed by atoms with Crippen LogP contribution in [0.4, 0.5) is 0 Å². The molecule has 0 aliphatic heterocycles. The van der Waals surface area contributed by atoms with Gasteiger partial charge in [0.15, 0.2) is 0 Å². The van der Waals surface area contributed by atoms with Crippen LogP contribution in [0.3, 0.4) is 0 Å². The number of aliphatic carboxylic acids is 1. The molecule has 0 aromatic heterocycles. The number of carboxylic acids is 1. The average molecular weight is 699 g/mol. The van der Waals surface area contributed by atoms with E-state index in [9.17, 15) is 29.1 Å². The molecule has 0 heterocycles. The van der Waals surface area contributed by atoms with Crippen LogP contribution in [-0.2, 0) is 30.4 Å². The van der Waals surface area contributed by atoms with Crippen molar-refractivity contribution in [3.63, 3.8) is 0 Å². The van der Waals surface area contributed by atoms with Gasteiger partial charge in [0.1, 0.15) is 23.6 Å². The Kier molecular flexibility index (Phi) is 25.2. The highest BCUT2D eigenvalue weighted by atomic mass is 16.4. The predicted octanol–water partition coefficient (Wildman–Crippen LogP) is 5.53. The molecule has 3 amide bonds. The molecule has 2 aromatic rings. The Morgan fingerprint density at radius 3 is 1.96 bits per heavy atom. The number of hydrogen-bond acceptors (Lipinski definition) is 7. The van der Waals surface area contributed by atoms with Crippen LogP contribution >= 0.6 is 0 Å². The minimum absolute atomic E-state index is 0.0453. The van der Waals surface area contributed by atoms with Crippen molar-refractivity contribution in [3.05, 3.63) is 65.2 Å². The molecule has 0 bridgehead atoms. The van der Waals surface area contributed by atoms with Crippen molar-refractivity contribution in [3.8, 4) is 5.75 Å². The van der Waals surface area contributed by atoms with Crippen molar-refractivity contribution in [2.24, 2.45) is 0 Å². The summed E-state index contributed by atoms with van der Waals surface area (Å²) in [5.74, 6) is -1.54. The second kappa shape index (κ2) is 27.6. The largest absolute Gasteiger partial charge is 0.508 e. The third kappa shape index (κ3) is 23.2. The number of carbonyl (C=O) groups excluding carboxylic acids is 4. The van der Waals surface area contributed by atoms with Crippen molar-refractivity contribution >= 4 is 29.5 Å². The zero-order valence-corrected chi connectivity index (χ0v) is 31.3. The number of hydrogen-bond donors (Lipinski definition) is 6. The molecule has 2 unspecified atom stereocenters. The highest BCUT2D eigenvalue weighted by Gasteiger charge is 2.26. The van der Waals surface area contributed by atoms with Crippen LogP contribution in [0.5, 0.6) is 5.75 Å². The van der Waals surface area contributed by atoms with Crippen LogP contribution in [0, 0.1) is 13.8 Å². The summed E-state index contributed by atoms with van der Waals surface area (Å²) in [6, 6.07) is 12.8. The number of rotatable bonds is 21. The Labute approximate surface area is 299 Å². The first-order valence-corrected chi connectivity index (χ1v) is 17.9. The molecule has 6 N–H and O–H groups in total. The maximum absolute atomic E-state index is 13.0. The monoisotopic (exact) mass is 698 g/mol. The van der Waals surface area contributed by atoms with Crippen LogP contribution in [-0.4, -0.2) is 70.9 Å². The lowest BCUT2D eigenvalue weighted by atomic mass is 10.0. The number of nitrogens with one attached hydrogen (secondary N) is 4. The molecule has 11 nitrogen and oxygen atoms in total. The van der Waals surface area contributed by atoms with Gasteiger partial charge in [0.05, 0.1) is 6.54 Å². The van der Waals surface area contributed by atoms with Crippen LogP contribution in [0.25, 0.3) is 0 Å². The maximum Gasteiger partial charge on any atom is 0.326 e. The van der Waals surface area contributed by atoms with E-state index in [1.807, 2.05) is 84.0 Å². The summed E-state index contributed by atoms with van der Waals surface area (Å²) in [4.78, 5) is 60.1. The van der Waals surface area contributed by atoms with Gasteiger partial charge in [0, 0.05) is 31.8 Å². The van der Waals surface area contributed by atoms with E-state index in [1.165, 1.54) is 5.56 Å². The Morgan fingerprint density at radius 1 is 0.760 bits per heavy atom. The molecule has 2 rings (SSSR count). The van der Waals surface area contributed by atoms with Gasteiger partial charge in [0.2, 0.25) is 17.7 Å². The summed E-state index contributed by atoms with van der Waals surface area (Å²) in [7, 11) is 0. The van der Waals surface area contributed by atoms with Gasteiger partial charge in [-0.2, -0.15) is 0 Å². The molecule has 2 aromatic carbocycles. The first-order chi connectivity index (χ1) is 23.8. The van der Waals surface area contributed by atoms with Gasteiger partial charge in [-0.25, -0.2) is 4.79 Å². The summed E-state index contributed by atoms with van der Waals surface area (Å²) in [5.41, 5.74) is 2.97. The van der Waals surface area contributed by atoms with Gasteiger partial charge in [0.25, 0.3) is 0 Å². The highest BCUT2D eigenvalue weighted by molar-refractivity contribution is 5.91. The fourth-order valence-electron chi connectivity index (χ4n) is 4.74. The number of carboxylic acid groups (broad SMARTS) is 1. The lowest BCUT2D eigenvalue weighted by Gasteiger charge is -2.22. The van der Waals surface area contributed by atoms with E-state index in [4.69, 9.17) is 5.11 Å². The number of phenols is 1. The molecular formula is C39H62N4O7. The summed E-state index contributed by atoms with van der Waals surface area (Å²) >= 11 is 0. The minimum Gasteiger partial charge on any atom is -0.508 e. The topological polar surface area (TPSA) is 174 Å². The molecule has 0 spiro atoms. The van der Waals surface area contributed by atoms with Gasteiger partial charge < -0.3 is 36.3 Å². The van der Waals surface area contributed by atoms with Crippen LogP contribution in [0.1, 0.15) is 109 Å². The number of ketones is 1. The van der Waals surface area contributed by atoms with Crippen molar-refractivity contribution in [1.82, 2.24) is 21.3 Å². The summed E-state index contributed by atoms with van der Waals surface area (Å²) < 4.78 is 0. The van der Waals surface area contributed by atoms with Gasteiger partial charge in [-0.05, 0) is 70.1 Å². The lowest BCUT2D eigenvalue weighted by Crippen LogP contribution is -2.54. The number of Topliss-reactive ketones (excluding diaryl/α,β-unsaturated/α-hetero) is 1. The van der Waals surface area contributed by atoms with Crippen molar-refractivity contribution in [2.45, 2.75) is 131 Å². The second-order valence-electron chi connectivity index (χ2n) is 12.5. The number of amides is 3. The quantitative estimate of drug-likeness (QED) is 0.0923. The van der Waals surface area contributed by atoms with Gasteiger partial charge in [-0.3, -0.25) is 14.4 Å². The molecule has 0 fully saturated rings. The highest BCUT2D eigenvalue weighted by Crippen LogP contribution is 2.15. The molecule has 0 radical (unpaired) electrons. The first kappa shape index (κ1) is 45.8. The van der Waals surface area contributed by atoms with E-state index in [2.05, 4.69) is 21.3 Å². The number of aromatic hydroxyl groups is 1. The zero-order chi connectivity index (χ0) is 37.9. The molecule has 2 atom stereocenters. The van der Waals surface area contributed by atoms with Gasteiger partial charge in [-0.1, -0.05) is 88.6 Å². The third-order valence-corrected chi connectivity index (χ3v) is 7.50. The normalized spacial score (nSPS) is 11.5. The fraction of sp³-hybridized carbons (Fsp3) is 0.564. The standard InChI is InChI=1S/C29H46N4O6.C8H10O.C2H6/c1-21(2)31-20-27(36)32-25(19-23-14-8-6-9-15-23)28(37)33-24(29(38)39)16-11-12-18-30-26(35)17-10-5-4-7-13-22(3)34;1-6-3-4-8(9)7(2)5-6;1-2/h6,8-9,14-15,21,24-25,31H,4-5,7,10-13,16-20H2,1-3H3,(H,30,35)(H,32,36)(H,33,37)(H,38,39);3-5,9H,1-2H3;1-2H3. The zero-order valence-electron chi connectivity index (χ0n) is 31.3. The van der Waals surface area contributed by atoms with Crippen LogP contribution in [0.2, 0.25) is 0 Å². The Morgan fingerprint density at radius 2 is 1.40 bits per heavy atom. The molecule has 0 saturated heterocycles. The predicted molar refractivity (Wildman–Crippen MR) is 199 cm³/mol. The van der Waals surface area contributed by atoms with E-state index < -0.39 is 24.0 Å². The first-order valence-electron chi connectivity index (χ1n) is 17.9. The van der Waals surface area contributed by atoms with Crippen molar-refractivity contribution < 1.29 is 34.2 Å². The molecular weight excluding hydrogens is 636 g/mol. The van der Waals surface area contributed by atoms with E-state index in [0.29, 0.717) is 38.0 Å². The number of carbonyl (C=O) groups is 5. The van der Waals surface area contributed by atoms with E-state index >= 15 is 0 Å². The molecule has 0 saturated carbocycles. The molecule has 50 heavy (non-hydrogen) atoms. The second-order valence-corrected chi connectivity index (χ2v) is 12.5. The molecule has 0 aliphatic rings. The average Bonchev–Trinajstić information content (AvgIpc) is 3.07. The maximum atomic E-state index is 13.0. The molecule has 280 valence electrons. The summed E-state index contributed by atoms with van der Waals surface area (Å²) in [6.07, 6.45) is 5.98. The van der Waals surface area contributed by atoms with Crippen LogP contribution in [0.15, 0.2) is 48.5 Å². The molecule has 0 aliphatic carbocycles. The van der Waals surface area contributed by atoms with Crippen molar-refractivity contribution in [1.29, 1.82) is 0 Å². The Hall–Kier alpha value is -4.25. The molecule has 11 heteroatoms. The SMILES string of the molecule is CC.CC(=O)CCCCCCC(=O)NCCCCC(NC(=O)C(Cc1ccccc1)NC(=O)CNC(C)C)C(=O)O.Cc1ccc(O)c(C)c1. The van der Waals surface area contributed by atoms with E-state index in [1.54, 1.807) is 13.0 Å². The summed E-state index contributed by atoms with van der Waals surface area (Å²) in [5, 5.41) is 29.8. The van der Waals surface area contributed by atoms with Gasteiger partial charge >= 0.3 is 5.97 Å². The number of phenolic OH excluding ortho intramolecular Hbond substituents is 1. The number of aryl methyl sites for hydroxylation is 2. The fourth-order valence-corrected chi connectivity index (χ4v) is 4.74. The third-order valence-electron chi connectivity index (χ3n) is 7.50. The lowest BCUT2D eigenvalue weighted by molar-refractivity contribution is -0.142. The minimum atomic E-state index is -1.15. The summed E-state index contributed by atoms with van der Waals surface area (Å²) in [6.45, 7) is 13.8. The Balaban J connectivity index is 0.00000186. The number of unbranched alkanes of at least 4 members (excludes halogenated alkanes) is 4. The van der Waals surface area contributed by atoms with Gasteiger partial charge in [-0.15, -0.1) is 0 Å². The number of benzene rings is 2. The van der Waals surface area contributed by atoms with E-state index in [-0.39, 0.29) is 43.0 Å².